The molecule has 1 N–H and O–H groups in total. The van der Waals surface area contributed by atoms with Crippen molar-refractivity contribution in [1.82, 2.24) is 10.2 Å². The number of nitrogens with one attached hydrogen (secondary N) is 1. The summed E-state index contributed by atoms with van der Waals surface area (Å²) >= 11 is 3.37. The van der Waals surface area contributed by atoms with E-state index in [1.807, 2.05) is 31.3 Å². The van der Waals surface area contributed by atoms with Gasteiger partial charge in [0.25, 0.3) is 5.91 Å². The van der Waals surface area contributed by atoms with Crippen LogP contribution in [0, 0.1) is 0 Å². The minimum Gasteiger partial charge on any atom is -0.484 e. The molecule has 1 aromatic carbocycles. The second-order valence-corrected chi connectivity index (χ2v) is 5.31. The molecule has 1 amide bonds. The van der Waals surface area contributed by atoms with E-state index in [1.165, 1.54) is 0 Å². The Labute approximate surface area is 128 Å². The molecule has 0 aromatic heterocycles. The third-order valence-electron chi connectivity index (χ3n) is 3.13. The van der Waals surface area contributed by atoms with Crippen molar-refractivity contribution in [2.24, 2.45) is 0 Å². The van der Waals surface area contributed by atoms with Crippen LogP contribution >= 0.6 is 28.3 Å². The molecule has 6 heteroatoms. The summed E-state index contributed by atoms with van der Waals surface area (Å²) < 4.78 is 6.43. The fourth-order valence-corrected chi connectivity index (χ4v) is 2.36. The monoisotopic (exact) mass is 348 g/mol. The van der Waals surface area contributed by atoms with E-state index < -0.39 is 0 Å². The van der Waals surface area contributed by atoms with Crippen LogP contribution in [0.15, 0.2) is 28.7 Å². The maximum atomic E-state index is 11.9. The van der Waals surface area contributed by atoms with Crippen LogP contribution in [0.25, 0.3) is 0 Å². The van der Waals surface area contributed by atoms with Gasteiger partial charge in [-0.2, -0.15) is 0 Å². The molecule has 1 saturated heterocycles. The molecule has 1 heterocycles. The Bertz CT molecular complexity index is 425. The topological polar surface area (TPSA) is 41.6 Å². The molecule has 1 aliphatic heterocycles. The van der Waals surface area contributed by atoms with E-state index in [4.69, 9.17) is 4.74 Å². The van der Waals surface area contributed by atoms with Crippen LogP contribution < -0.4 is 10.1 Å². The lowest BCUT2D eigenvalue weighted by atomic mass is 10.2. The highest BCUT2D eigenvalue weighted by molar-refractivity contribution is 9.10. The Kier molecular flexibility index (Phi) is 6.62. The highest BCUT2D eigenvalue weighted by atomic mass is 79.9. The van der Waals surface area contributed by atoms with Gasteiger partial charge in [-0.25, -0.2) is 0 Å². The molecule has 0 spiro atoms. The van der Waals surface area contributed by atoms with Crippen LogP contribution in [0.5, 0.6) is 5.75 Å². The Morgan fingerprint density at radius 1 is 1.58 bits per heavy atom. The van der Waals surface area contributed by atoms with Crippen molar-refractivity contribution >= 4 is 34.2 Å². The lowest BCUT2D eigenvalue weighted by Crippen LogP contribution is -2.40. The van der Waals surface area contributed by atoms with Crippen LogP contribution in [0.2, 0.25) is 0 Å². The quantitative estimate of drug-likeness (QED) is 0.905. The minimum atomic E-state index is 0. The predicted octanol–water partition coefficient (Wildman–Crippen LogP) is 2.07. The van der Waals surface area contributed by atoms with Crippen LogP contribution in [-0.4, -0.2) is 43.6 Å². The summed E-state index contributed by atoms with van der Waals surface area (Å²) in [5.74, 6) is 0.722. The summed E-state index contributed by atoms with van der Waals surface area (Å²) in [6.45, 7) is 1.94. The molecule has 0 saturated carbocycles. The van der Waals surface area contributed by atoms with Gasteiger partial charge < -0.3 is 15.0 Å². The van der Waals surface area contributed by atoms with Gasteiger partial charge in [-0.1, -0.05) is 22.0 Å². The van der Waals surface area contributed by atoms with Crippen molar-refractivity contribution < 1.29 is 9.53 Å². The van der Waals surface area contributed by atoms with Crippen LogP contribution in [0.1, 0.15) is 6.42 Å². The van der Waals surface area contributed by atoms with Crippen molar-refractivity contribution in [3.8, 4) is 5.75 Å². The SMILES string of the molecule is CN(C(=O)COc1cccc(Br)c1)C1CCNC1.Cl. The van der Waals surface area contributed by atoms with Gasteiger partial charge in [0.15, 0.2) is 6.61 Å². The van der Waals surface area contributed by atoms with Crippen molar-refractivity contribution in [1.29, 1.82) is 0 Å². The first-order chi connectivity index (χ1) is 8.66. The normalized spacial score (nSPS) is 17.7. The molecule has 1 aromatic rings. The maximum absolute atomic E-state index is 11.9. The second kappa shape index (κ2) is 7.72. The summed E-state index contributed by atoms with van der Waals surface area (Å²) in [7, 11) is 1.84. The summed E-state index contributed by atoms with van der Waals surface area (Å²) in [6, 6.07) is 7.79. The Hall–Kier alpha value is -0.780. The molecule has 1 fully saturated rings. The van der Waals surface area contributed by atoms with Gasteiger partial charge in [-0.15, -0.1) is 12.4 Å². The molecule has 0 aliphatic carbocycles. The first-order valence-electron chi connectivity index (χ1n) is 6.01. The Morgan fingerprint density at radius 2 is 2.37 bits per heavy atom. The number of carbonyl (C=O) groups is 1. The zero-order valence-corrected chi connectivity index (χ0v) is 13.2. The number of amides is 1. The molecule has 4 nitrogen and oxygen atoms in total. The van der Waals surface area contributed by atoms with Gasteiger partial charge in [0.1, 0.15) is 5.75 Å². The van der Waals surface area contributed by atoms with Gasteiger partial charge in [0.05, 0.1) is 0 Å². The van der Waals surface area contributed by atoms with Crippen LogP contribution in [0.3, 0.4) is 0 Å². The third kappa shape index (κ3) is 4.67. The summed E-state index contributed by atoms with van der Waals surface area (Å²) in [5, 5.41) is 3.25. The lowest BCUT2D eigenvalue weighted by molar-refractivity contribution is -0.133. The molecule has 19 heavy (non-hydrogen) atoms. The van der Waals surface area contributed by atoms with E-state index in [9.17, 15) is 4.79 Å². The summed E-state index contributed by atoms with van der Waals surface area (Å²) in [5.41, 5.74) is 0. The summed E-state index contributed by atoms with van der Waals surface area (Å²) in [6.07, 6.45) is 1.01. The molecule has 0 radical (unpaired) electrons. The average Bonchev–Trinajstić information content (AvgIpc) is 2.89. The molecule has 106 valence electrons. The number of ether oxygens (including phenoxy) is 1. The van der Waals surface area contributed by atoms with Gasteiger partial charge in [0.2, 0.25) is 0 Å². The number of likely N-dealkylation sites (N-methyl/N-ethyl adjacent to an activating group) is 1. The van der Waals surface area contributed by atoms with Crippen LogP contribution in [0.4, 0.5) is 0 Å². The predicted molar refractivity (Wildman–Crippen MR) is 80.9 cm³/mol. The van der Waals surface area contributed by atoms with Gasteiger partial charge >= 0.3 is 0 Å². The molecule has 0 bridgehead atoms. The minimum absolute atomic E-state index is 0. The standard InChI is InChI=1S/C13H17BrN2O2.ClH/c1-16(11-5-6-15-8-11)13(17)9-18-12-4-2-3-10(14)7-12;/h2-4,7,11,15H,5-6,8-9H2,1H3;1H. The van der Waals surface area contributed by atoms with Crippen LogP contribution in [-0.2, 0) is 4.79 Å². The van der Waals surface area contributed by atoms with Gasteiger partial charge in [0, 0.05) is 24.1 Å². The first kappa shape index (κ1) is 16.3. The van der Waals surface area contributed by atoms with Crippen molar-refractivity contribution in [3.05, 3.63) is 28.7 Å². The number of benzene rings is 1. The fourth-order valence-electron chi connectivity index (χ4n) is 1.98. The van der Waals surface area contributed by atoms with Crippen molar-refractivity contribution in [2.45, 2.75) is 12.5 Å². The first-order valence-corrected chi connectivity index (χ1v) is 6.81. The number of rotatable bonds is 4. The lowest BCUT2D eigenvalue weighted by Gasteiger charge is -2.23. The molecule has 1 unspecified atom stereocenters. The number of hydrogen-bond donors (Lipinski definition) is 1. The largest absolute Gasteiger partial charge is 0.484 e. The maximum Gasteiger partial charge on any atom is 0.260 e. The smallest absolute Gasteiger partial charge is 0.260 e. The van der Waals surface area contributed by atoms with E-state index in [2.05, 4.69) is 21.2 Å². The van der Waals surface area contributed by atoms with Crippen molar-refractivity contribution in [3.63, 3.8) is 0 Å². The zero-order chi connectivity index (χ0) is 13.0. The van der Waals surface area contributed by atoms with E-state index in [0.29, 0.717) is 11.8 Å². The van der Waals surface area contributed by atoms with E-state index in [1.54, 1.807) is 4.90 Å². The second-order valence-electron chi connectivity index (χ2n) is 4.40. The molecule has 2 rings (SSSR count). The van der Waals surface area contributed by atoms with Gasteiger partial charge in [-0.3, -0.25) is 4.79 Å². The number of halogens is 2. The molecule has 1 aliphatic rings. The molecule has 1 atom stereocenters. The average molecular weight is 350 g/mol. The van der Waals surface area contributed by atoms with E-state index in [0.717, 1.165) is 24.0 Å². The third-order valence-corrected chi connectivity index (χ3v) is 3.63. The van der Waals surface area contributed by atoms with E-state index >= 15 is 0 Å². The Balaban J connectivity index is 0.00000180. The number of carbonyl (C=O) groups excluding carboxylic acids is 1. The fraction of sp³-hybridized carbons (Fsp3) is 0.462. The number of nitrogens with zero attached hydrogens (tertiary/aromatic N) is 1. The van der Waals surface area contributed by atoms with E-state index in [-0.39, 0.29) is 24.9 Å². The van der Waals surface area contributed by atoms with Gasteiger partial charge in [-0.05, 0) is 31.2 Å². The highest BCUT2D eigenvalue weighted by Gasteiger charge is 2.23. The highest BCUT2D eigenvalue weighted by Crippen LogP contribution is 2.17. The molecular weight excluding hydrogens is 332 g/mol. The van der Waals surface area contributed by atoms with Crippen molar-refractivity contribution in [2.75, 3.05) is 26.7 Å². The zero-order valence-electron chi connectivity index (χ0n) is 10.8. The Morgan fingerprint density at radius 3 is 3.00 bits per heavy atom. The summed E-state index contributed by atoms with van der Waals surface area (Å²) in [4.78, 5) is 13.7. The number of hydrogen-bond acceptors (Lipinski definition) is 3. The molecular formula is C13H18BrClN2O2.